The van der Waals surface area contributed by atoms with E-state index in [1.807, 2.05) is 0 Å². The average Bonchev–Trinajstić information content (AvgIpc) is 3.42. The zero-order valence-electron chi connectivity index (χ0n) is 20.0. The van der Waals surface area contributed by atoms with Gasteiger partial charge in [-0.1, -0.05) is 6.07 Å². The van der Waals surface area contributed by atoms with Crippen molar-refractivity contribution in [1.29, 1.82) is 0 Å². The Bertz CT molecular complexity index is 1350. The van der Waals surface area contributed by atoms with E-state index in [-0.39, 0.29) is 11.6 Å². The molecule has 2 aromatic carbocycles. The molecule has 4 rings (SSSR count). The molecule has 210 valence electrons. The van der Waals surface area contributed by atoms with Gasteiger partial charge in [-0.15, -0.1) is 11.3 Å². The van der Waals surface area contributed by atoms with Crippen LogP contribution in [0.3, 0.4) is 0 Å². The van der Waals surface area contributed by atoms with Gasteiger partial charge in [0.2, 0.25) is 0 Å². The number of hydrogen-bond donors (Lipinski definition) is 0. The van der Waals surface area contributed by atoms with E-state index in [1.165, 1.54) is 31.4 Å². The third-order valence-electron chi connectivity index (χ3n) is 6.21. The van der Waals surface area contributed by atoms with Crippen LogP contribution in [0.15, 0.2) is 47.8 Å². The van der Waals surface area contributed by atoms with Crippen LogP contribution >= 0.6 is 11.3 Å². The van der Waals surface area contributed by atoms with Crippen LogP contribution in [0.2, 0.25) is 0 Å². The predicted octanol–water partition coefficient (Wildman–Crippen LogP) is 8.56. The summed E-state index contributed by atoms with van der Waals surface area (Å²) in [6.07, 6.45) is -17.6. The average molecular weight is 583 g/mol. The maximum Gasteiger partial charge on any atom is 0.416 e. The largest absolute Gasteiger partial charge is 0.487 e. The fourth-order valence-corrected chi connectivity index (χ4v) is 5.03. The summed E-state index contributed by atoms with van der Waals surface area (Å²) in [4.78, 5) is 13.7. The number of carbonyl (C=O) groups excluding carboxylic acids is 1. The van der Waals surface area contributed by atoms with Crippen molar-refractivity contribution in [3.05, 3.63) is 75.7 Å². The Morgan fingerprint density at radius 2 is 1.44 bits per heavy atom. The number of carbonyl (C=O) groups is 1. The summed E-state index contributed by atoms with van der Waals surface area (Å²) >= 11 is 1.18. The minimum absolute atomic E-state index is 0.0194. The lowest BCUT2D eigenvalue weighted by molar-refractivity contribution is -0.143. The maximum absolute atomic E-state index is 13.5. The Morgan fingerprint density at radius 3 is 1.97 bits per heavy atom. The second-order valence-electron chi connectivity index (χ2n) is 8.71. The summed E-state index contributed by atoms with van der Waals surface area (Å²) in [5.41, 5.74) is -3.98. The van der Waals surface area contributed by atoms with Gasteiger partial charge in [-0.2, -0.15) is 39.5 Å². The van der Waals surface area contributed by atoms with Gasteiger partial charge in [0.1, 0.15) is 6.10 Å². The third-order valence-corrected chi connectivity index (χ3v) is 7.08. The van der Waals surface area contributed by atoms with Crippen LogP contribution in [0.25, 0.3) is 11.1 Å². The standard InChI is InChI=1S/C25H18F9NO3S/c1-12-20(13-7-16(24(29,30)31)10-17(8-13)25(32,33)34)38-22(36)35(12)11-14-9-15(23(26,27)28)3-4-18(14)19-5-6-39-21(19)37-2/h3-10,12,20H,11H2,1-2H3/t12-,20-/m0/s1. The lowest BCUT2D eigenvalue weighted by Gasteiger charge is -2.24. The van der Waals surface area contributed by atoms with E-state index < -0.39 is 65.6 Å². The Kier molecular flexibility index (Phi) is 7.30. The number of ether oxygens (including phenoxy) is 2. The lowest BCUT2D eigenvalue weighted by Crippen LogP contribution is -2.32. The highest BCUT2D eigenvalue weighted by atomic mass is 32.1. The van der Waals surface area contributed by atoms with E-state index in [9.17, 15) is 44.3 Å². The quantitative estimate of drug-likeness (QED) is 0.283. The van der Waals surface area contributed by atoms with Crippen LogP contribution in [0.5, 0.6) is 5.06 Å². The summed E-state index contributed by atoms with van der Waals surface area (Å²) in [5.74, 6) is 0. The van der Waals surface area contributed by atoms with Crippen molar-refractivity contribution in [2.45, 2.75) is 44.1 Å². The summed E-state index contributed by atoms with van der Waals surface area (Å²) in [6.45, 7) is 0.849. The van der Waals surface area contributed by atoms with Crippen LogP contribution in [-0.4, -0.2) is 24.1 Å². The highest BCUT2D eigenvalue weighted by molar-refractivity contribution is 7.12. The molecule has 1 aliphatic rings. The molecule has 14 heteroatoms. The monoisotopic (exact) mass is 583 g/mol. The SMILES string of the molecule is COc1sccc1-c1ccc(C(F)(F)F)cc1CN1C(=O)O[C@H](c2cc(C(F)(F)F)cc(C(F)(F)F)c2)[C@@H]1C. The van der Waals surface area contributed by atoms with Gasteiger partial charge in [0, 0.05) is 5.56 Å². The number of alkyl halides is 9. The summed E-state index contributed by atoms with van der Waals surface area (Å²) in [7, 11) is 1.37. The van der Waals surface area contributed by atoms with Gasteiger partial charge in [-0.3, -0.25) is 4.90 Å². The van der Waals surface area contributed by atoms with E-state index in [2.05, 4.69) is 0 Å². The number of amides is 1. The van der Waals surface area contributed by atoms with Crippen molar-refractivity contribution in [3.63, 3.8) is 0 Å². The molecule has 0 unspecified atom stereocenters. The van der Waals surface area contributed by atoms with Crippen molar-refractivity contribution in [1.82, 2.24) is 4.90 Å². The van der Waals surface area contributed by atoms with Gasteiger partial charge in [0.25, 0.3) is 0 Å². The highest BCUT2D eigenvalue weighted by Gasteiger charge is 2.43. The van der Waals surface area contributed by atoms with Crippen molar-refractivity contribution < 1.29 is 53.8 Å². The van der Waals surface area contributed by atoms with Crippen molar-refractivity contribution >= 4 is 17.4 Å². The van der Waals surface area contributed by atoms with Crippen LogP contribution in [0.1, 0.15) is 40.8 Å². The molecule has 1 saturated heterocycles. The first-order chi connectivity index (χ1) is 18.0. The zero-order chi connectivity index (χ0) is 28.9. The van der Waals surface area contributed by atoms with Crippen molar-refractivity contribution in [2.24, 2.45) is 0 Å². The number of benzene rings is 2. The Balaban J connectivity index is 1.74. The second kappa shape index (κ2) is 9.96. The smallest absolute Gasteiger partial charge is 0.416 e. The fourth-order valence-electron chi connectivity index (χ4n) is 4.30. The van der Waals surface area contributed by atoms with Crippen LogP contribution in [0, 0.1) is 0 Å². The fraction of sp³-hybridized carbons (Fsp3) is 0.320. The van der Waals surface area contributed by atoms with E-state index >= 15 is 0 Å². The van der Waals surface area contributed by atoms with Crippen molar-refractivity contribution in [3.8, 4) is 16.2 Å². The summed E-state index contributed by atoms with van der Waals surface area (Å²) < 4.78 is 131. The number of cyclic esters (lactones) is 1. The molecular formula is C25H18F9NO3S. The summed E-state index contributed by atoms with van der Waals surface area (Å²) in [6, 6.07) is 4.22. The molecule has 1 aliphatic heterocycles. The van der Waals surface area contributed by atoms with E-state index in [0.717, 1.165) is 17.0 Å². The first kappa shape index (κ1) is 28.6. The number of thiophene rings is 1. The first-order valence-corrected chi connectivity index (χ1v) is 12.0. The molecule has 3 aromatic rings. The molecule has 1 amide bonds. The van der Waals surface area contributed by atoms with Gasteiger partial charge in [0.15, 0.2) is 5.06 Å². The van der Waals surface area contributed by atoms with Gasteiger partial charge < -0.3 is 9.47 Å². The van der Waals surface area contributed by atoms with Gasteiger partial charge >= 0.3 is 24.6 Å². The Labute approximate surface area is 219 Å². The highest BCUT2D eigenvalue weighted by Crippen LogP contribution is 2.43. The Morgan fingerprint density at radius 1 is 0.846 bits per heavy atom. The molecule has 0 saturated carbocycles. The zero-order valence-corrected chi connectivity index (χ0v) is 20.8. The minimum atomic E-state index is -5.12. The second-order valence-corrected chi connectivity index (χ2v) is 9.59. The molecule has 1 aromatic heterocycles. The molecule has 0 radical (unpaired) electrons. The van der Waals surface area contributed by atoms with Gasteiger partial charge in [0.05, 0.1) is 36.4 Å². The Hall–Kier alpha value is -3.42. The third kappa shape index (κ3) is 5.80. The first-order valence-electron chi connectivity index (χ1n) is 11.1. The predicted molar refractivity (Wildman–Crippen MR) is 122 cm³/mol. The number of rotatable bonds is 5. The molecule has 0 bridgehead atoms. The van der Waals surface area contributed by atoms with E-state index in [0.29, 0.717) is 28.3 Å². The summed E-state index contributed by atoms with van der Waals surface area (Å²) in [5, 5.41) is 2.03. The van der Waals surface area contributed by atoms with Gasteiger partial charge in [-0.25, -0.2) is 4.79 Å². The van der Waals surface area contributed by atoms with Crippen LogP contribution < -0.4 is 4.74 Å². The van der Waals surface area contributed by atoms with E-state index in [1.54, 1.807) is 11.4 Å². The maximum atomic E-state index is 13.5. The molecule has 0 spiro atoms. The van der Waals surface area contributed by atoms with Crippen LogP contribution in [-0.2, 0) is 29.8 Å². The normalized spacial score (nSPS) is 18.4. The number of nitrogens with zero attached hydrogens (tertiary/aromatic N) is 1. The topological polar surface area (TPSA) is 38.8 Å². The molecule has 4 nitrogen and oxygen atoms in total. The molecule has 2 heterocycles. The molecule has 39 heavy (non-hydrogen) atoms. The number of methoxy groups -OCH3 is 1. The molecule has 0 N–H and O–H groups in total. The van der Waals surface area contributed by atoms with Crippen LogP contribution in [0.4, 0.5) is 44.3 Å². The molecule has 1 fully saturated rings. The lowest BCUT2D eigenvalue weighted by atomic mass is 9.96. The van der Waals surface area contributed by atoms with Gasteiger partial charge in [-0.05, 0) is 65.4 Å². The van der Waals surface area contributed by atoms with Crippen molar-refractivity contribution in [2.75, 3.05) is 7.11 Å². The number of hydrogen-bond acceptors (Lipinski definition) is 4. The molecule has 2 atom stereocenters. The van der Waals surface area contributed by atoms with E-state index in [4.69, 9.17) is 9.47 Å². The number of halogens is 9. The molecule has 0 aliphatic carbocycles. The minimum Gasteiger partial charge on any atom is -0.487 e. The molecular weight excluding hydrogens is 565 g/mol.